The van der Waals surface area contributed by atoms with Gasteiger partial charge in [-0.2, -0.15) is 0 Å². The predicted octanol–water partition coefficient (Wildman–Crippen LogP) is 0. The molecule has 0 nitrogen and oxygen atoms in total. The fourth-order valence-electron chi connectivity index (χ4n) is 0. The quantitative estimate of drug-likeness (QED) is 0.321. The molecular formula is U33. The first-order valence-electron chi connectivity index (χ1n) is 0. The number of hydrogen-bond donors (Lipinski definition) is 0. The molecule has 0 heterocycles. The molecule has 33 heteroatoms. The van der Waals surface area contributed by atoms with Crippen molar-refractivity contribution in [3.8, 4) is 0 Å². The minimum absolute atomic E-state index is 0. The maximum absolute atomic E-state index is 0. The van der Waals surface area contributed by atoms with Gasteiger partial charge in [-0.15, -0.1) is 0 Å². The van der Waals surface area contributed by atoms with Crippen LogP contribution in [-0.4, -0.2) is 0 Å². The second kappa shape index (κ2) is 239. The minimum Gasteiger partial charge on any atom is 0 e. The molecule has 0 unspecified atom stereocenters. The Bertz CT molecular complexity index is 0. The molecule has 33 heavy (non-hydrogen) atoms. The SMILES string of the molecule is [U].[U].[U].[U].[U].[U].[U].[U].[U].[U].[U].[U].[U].[U].[U].[U].[U].[U].[U].[U].[U].[U].[U].[U].[U].[U].[U].[U].[U].[U].[U].[U].[U]. The van der Waals surface area contributed by atoms with Gasteiger partial charge in [-0.3, -0.25) is 0 Å². The number of rotatable bonds is 0. The van der Waals surface area contributed by atoms with Gasteiger partial charge in [-0.1, -0.05) is 0 Å². The van der Waals surface area contributed by atoms with Gasteiger partial charge < -0.3 is 0 Å². The fourth-order valence-corrected chi connectivity index (χ4v) is 0. The molecule has 0 N–H and O–H groups in total. The van der Waals surface area contributed by atoms with Gasteiger partial charge in [0.15, 0.2) is 0 Å². The summed E-state index contributed by atoms with van der Waals surface area (Å²) in [6, 6.07) is 0. The van der Waals surface area contributed by atoms with Crippen molar-refractivity contribution in [2.45, 2.75) is 0 Å². The van der Waals surface area contributed by atoms with E-state index in [4.69, 9.17) is 0 Å². The molecule has 0 atom stereocenters. The van der Waals surface area contributed by atoms with Gasteiger partial charge in [0.1, 0.15) is 0 Å². The molecule has 0 amide bonds. The zero-order chi connectivity index (χ0) is 0. The van der Waals surface area contributed by atoms with Gasteiger partial charge in [-0.05, 0) is 0 Å². The van der Waals surface area contributed by atoms with E-state index in [1.807, 2.05) is 0 Å². The van der Waals surface area contributed by atoms with E-state index in [0.717, 1.165) is 0 Å². The molecular weight excluding hydrogens is 7850 g/mol. The molecule has 0 saturated heterocycles. The molecule has 0 fully saturated rings. The van der Waals surface area contributed by atoms with E-state index >= 15 is 0 Å². The van der Waals surface area contributed by atoms with E-state index in [-0.39, 0.29) is 1030 Å². The zero-order valence-electron chi connectivity index (χ0n) is 16.5. The third kappa shape index (κ3) is 232. The van der Waals surface area contributed by atoms with Crippen molar-refractivity contribution in [3.63, 3.8) is 0 Å². The molecule has 0 aromatic heterocycles. The van der Waals surface area contributed by atoms with Gasteiger partial charge in [-0.25, -0.2) is 0 Å². The maximum Gasteiger partial charge on any atom is 0 e. The standard InChI is InChI=1S/33U. The molecule has 0 bridgehead atoms. The normalized spacial score (nSPS) is 0. The van der Waals surface area contributed by atoms with Crippen LogP contribution < -0.4 is 0 Å². The van der Waals surface area contributed by atoms with Gasteiger partial charge >= 0.3 is 0 Å². The van der Waals surface area contributed by atoms with Crippen molar-refractivity contribution < 1.29 is 1030 Å². The molecule has 0 aliphatic rings. The largest absolute Gasteiger partial charge is 0 e. The van der Waals surface area contributed by atoms with Gasteiger partial charge in [0.05, 0.1) is 0 Å². The average molecular weight is 7850 g/mol. The van der Waals surface area contributed by atoms with Crippen molar-refractivity contribution in [1.82, 2.24) is 0 Å². The van der Waals surface area contributed by atoms with Gasteiger partial charge in [0.25, 0.3) is 0 Å². The minimum atomic E-state index is 0. The van der Waals surface area contributed by atoms with E-state index in [9.17, 15) is 0 Å². The van der Waals surface area contributed by atoms with Crippen LogP contribution in [0.2, 0.25) is 0 Å². The first-order valence-corrected chi connectivity index (χ1v) is 0. The molecule has 0 aliphatic carbocycles. The first kappa shape index (κ1) is 250. The van der Waals surface area contributed by atoms with Crippen LogP contribution in [0.5, 0.6) is 0 Å². The molecule has 0 aromatic carbocycles. The van der Waals surface area contributed by atoms with E-state index in [2.05, 4.69) is 0 Å². The van der Waals surface area contributed by atoms with E-state index in [1.165, 1.54) is 0 Å². The predicted molar refractivity (Wildman–Crippen MR) is 0 cm³/mol. The van der Waals surface area contributed by atoms with Gasteiger partial charge in [0.2, 0.25) is 0 Å². The van der Waals surface area contributed by atoms with Crippen LogP contribution in [0.3, 0.4) is 0 Å². The summed E-state index contributed by atoms with van der Waals surface area (Å²) in [6.07, 6.45) is 0. The summed E-state index contributed by atoms with van der Waals surface area (Å²) in [4.78, 5) is 0. The fraction of sp³-hybridized carbons (Fsp3) is 0. The Labute approximate surface area is 987 Å². The van der Waals surface area contributed by atoms with E-state index in [0.29, 0.717) is 0 Å². The second-order valence-corrected chi connectivity index (χ2v) is 0. The Morgan fingerprint density at radius 3 is 0.0303 bits per heavy atom. The summed E-state index contributed by atoms with van der Waals surface area (Å²) in [6.45, 7) is 0. The smallest absolute Gasteiger partial charge is 0 e. The van der Waals surface area contributed by atoms with Crippen molar-refractivity contribution >= 4 is 0 Å². The van der Waals surface area contributed by atoms with Crippen LogP contribution in [0.25, 0.3) is 0 Å². The Morgan fingerprint density at radius 1 is 0.0303 bits per heavy atom. The molecule has 0 aliphatic heterocycles. The molecule has 0 radical (unpaired) electrons. The van der Waals surface area contributed by atoms with Crippen LogP contribution >= 0.6 is 0 Å². The zero-order valence-corrected chi connectivity index (χ0v) is 154. The van der Waals surface area contributed by atoms with E-state index in [1.54, 1.807) is 0 Å². The Morgan fingerprint density at radius 2 is 0.0303 bits per heavy atom. The number of hydrogen-bond acceptors (Lipinski definition) is 0. The van der Waals surface area contributed by atoms with Crippen molar-refractivity contribution in [1.29, 1.82) is 0 Å². The van der Waals surface area contributed by atoms with E-state index < -0.39 is 0 Å². The summed E-state index contributed by atoms with van der Waals surface area (Å²) in [5, 5.41) is 0. The Kier molecular flexibility index (Phi) is 1810. The van der Waals surface area contributed by atoms with Crippen LogP contribution in [0.15, 0.2) is 0 Å². The van der Waals surface area contributed by atoms with Crippen LogP contribution in [0, 0.1) is 1030 Å². The molecule has 0 rings (SSSR count). The monoisotopic (exact) mass is 7860 g/mol. The maximum atomic E-state index is 0. The van der Waals surface area contributed by atoms with Crippen molar-refractivity contribution in [3.05, 3.63) is 0 Å². The van der Waals surface area contributed by atoms with Crippen LogP contribution in [0.1, 0.15) is 0 Å². The summed E-state index contributed by atoms with van der Waals surface area (Å²) < 4.78 is 0. The van der Waals surface area contributed by atoms with Crippen LogP contribution in [0.4, 0.5) is 0 Å². The van der Waals surface area contributed by atoms with Crippen molar-refractivity contribution in [2.75, 3.05) is 0 Å². The Balaban J connectivity index is 0. The van der Waals surface area contributed by atoms with Crippen LogP contribution in [-0.2, 0) is 0 Å². The van der Waals surface area contributed by atoms with Crippen molar-refractivity contribution in [2.24, 2.45) is 0 Å². The second-order valence-electron chi connectivity index (χ2n) is 0. The summed E-state index contributed by atoms with van der Waals surface area (Å²) in [5.41, 5.74) is 0. The molecule has 0 saturated carbocycles. The first-order chi connectivity index (χ1) is 0. The molecule has 132 valence electrons. The topological polar surface area (TPSA) is 0 Å². The molecule has 0 aromatic rings. The third-order valence-corrected chi connectivity index (χ3v) is 0. The third-order valence-electron chi connectivity index (χ3n) is 0. The summed E-state index contributed by atoms with van der Waals surface area (Å²) in [7, 11) is 0. The summed E-state index contributed by atoms with van der Waals surface area (Å²) in [5.74, 6) is 0. The Hall–Kier alpha value is 34.7. The average Bonchev–Trinajstić information content (AvgIpc) is 0. The molecule has 0 spiro atoms. The van der Waals surface area contributed by atoms with Gasteiger partial charge in [0, 0.05) is 1030 Å². The summed E-state index contributed by atoms with van der Waals surface area (Å²) >= 11 is 0.